The van der Waals surface area contributed by atoms with Crippen LogP contribution in [0, 0.1) is 13.8 Å². The summed E-state index contributed by atoms with van der Waals surface area (Å²) in [7, 11) is 0. The summed E-state index contributed by atoms with van der Waals surface area (Å²) >= 11 is 0. The van der Waals surface area contributed by atoms with Gasteiger partial charge in [-0.05, 0) is 61.9 Å². The molecule has 9 heteroatoms. The van der Waals surface area contributed by atoms with E-state index in [1.807, 2.05) is 68.4 Å². The highest BCUT2D eigenvalue weighted by Crippen LogP contribution is 2.27. The van der Waals surface area contributed by atoms with Gasteiger partial charge in [-0.3, -0.25) is 19.8 Å². The van der Waals surface area contributed by atoms with Crippen LogP contribution in [0.5, 0.6) is 0 Å². The number of benzene rings is 3. The van der Waals surface area contributed by atoms with E-state index in [4.69, 9.17) is 5.10 Å². The second-order valence-corrected chi connectivity index (χ2v) is 11.6. The molecule has 0 bridgehead atoms. The van der Waals surface area contributed by atoms with Gasteiger partial charge >= 0.3 is 6.03 Å². The van der Waals surface area contributed by atoms with Crippen molar-refractivity contribution in [2.24, 2.45) is 0 Å². The Hall–Kier alpha value is -4.92. The molecule has 3 aromatic carbocycles. The molecular formula is C33H36N6O3. The van der Waals surface area contributed by atoms with Crippen molar-refractivity contribution in [2.45, 2.75) is 46.5 Å². The number of amides is 4. The molecule has 9 nitrogen and oxygen atoms in total. The normalized spacial score (nSPS) is 13.7. The van der Waals surface area contributed by atoms with E-state index in [0.717, 1.165) is 28.2 Å². The lowest BCUT2D eigenvalue weighted by Crippen LogP contribution is -2.50. The second-order valence-electron chi connectivity index (χ2n) is 11.6. The summed E-state index contributed by atoms with van der Waals surface area (Å²) in [5.74, 6) is 0.372. The third-order valence-electron chi connectivity index (χ3n) is 7.29. The van der Waals surface area contributed by atoms with Gasteiger partial charge in [-0.25, -0.2) is 9.48 Å². The van der Waals surface area contributed by atoms with Crippen LogP contribution in [-0.2, 0) is 10.2 Å². The lowest BCUT2D eigenvalue weighted by Gasteiger charge is -2.36. The lowest BCUT2D eigenvalue weighted by molar-refractivity contribution is -0.120. The quantitative estimate of drug-likeness (QED) is 0.299. The summed E-state index contributed by atoms with van der Waals surface area (Å²) in [5.41, 5.74) is 5.42. The fourth-order valence-corrected chi connectivity index (χ4v) is 4.81. The van der Waals surface area contributed by atoms with Gasteiger partial charge in [0.1, 0.15) is 12.5 Å². The van der Waals surface area contributed by atoms with Crippen LogP contribution in [-0.4, -0.2) is 45.7 Å². The van der Waals surface area contributed by atoms with Crippen molar-refractivity contribution in [1.29, 1.82) is 0 Å². The number of rotatable bonds is 5. The molecule has 4 amide bonds. The predicted octanol–water partition coefficient (Wildman–Crippen LogP) is 6.27. The average molecular weight is 565 g/mol. The number of anilines is 3. The van der Waals surface area contributed by atoms with Crippen LogP contribution in [0.4, 0.5) is 22.0 Å². The highest BCUT2D eigenvalue weighted by atomic mass is 16.2. The molecule has 216 valence electrons. The standard InChI is InChI=1S/C33H36N6O3/c1-22-10-16-26(17-11-22)39-29(20-28(36-39)33(3,4)5)35-32(42)34-25-14-12-24(13-15-25)31(41)37-19-18-30(40)38(21-37)27-9-7-6-8-23(27)2/h6-17,20H,18-19,21H2,1-5H3,(H2,34,35,42). The smallest absolute Gasteiger partial charge is 0.320 e. The second kappa shape index (κ2) is 11.5. The van der Waals surface area contributed by atoms with Crippen molar-refractivity contribution >= 4 is 35.0 Å². The number of para-hydroxylation sites is 1. The van der Waals surface area contributed by atoms with Crippen LogP contribution in [0.15, 0.2) is 78.9 Å². The van der Waals surface area contributed by atoms with Crippen molar-refractivity contribution in [3.8, 4) is 5.69 Å². The zero-order chi connectivity index (χ0) is 30.0. The number of hydrogen-bond acceptors (Lipinski definition) is 4. The average Bonchev–Trinajstić information content (AvgIpc) is 3.38. The molecule has 5 rings (SSSR count). The predicted molar refractivity (Wildman–Crippen MR) is 165 cm³/mol. The van der Waals surface area contributed by atoms with Gasteiger partial charge < -0.3 is 10.2 Å². The molecule has 0 aliphatic carbocycles. The van der Waals surface area contributed by atoms with E-state index in [1.54, 1.807) is 38.7 Å². The Kier molecular flexibility index (Phi) is 7.85. The molecule has 42 heavy (non-hydrogen) atoms. The number of nitrogens with one attached hydrogen (secondary N) is 2. The Morgan fingerprint density at radius 2 is 1.57 bits per heavy atom. The molecule has 2 N–H and O–H groups in total. The molecule has 1 aliphatic rings. The molecule has 1 aliphatic heterocycles. The number of aryl methyl sites for hydroxylation is 2. The van der Waals surface area contributed by atoms with Crippen LogP contribution in [0.2, 0.25) is 0 Å². The van der Waals surface area contributed by atoms with E-state index >= 15 is 0 Å². The van der Waals surface area contributed by atoms with Crippen molar-refractivity contribution in [2.75, 3.05) is 28.7 Å². The zero-order valence-corrected chi connectivity index (χ0v) is 24.6. The maximum Gasteiger partial charge on any atom is 0.324 e. The van der Waals surface area contributed by atoms with E-state index in [-0.39, 0.29) is 30.3 Å². The third kappa shape index (κ3) is 6.20. The van der Waals surface area contributed by atoms with Gasteiger partial charge in [-0.1, -0.05) is 56.7 Å². The van der Waals surface area contributed by atoms with Gasteiger partial charge in [-0.2, -0.15) is 5.10 Å². The highest BCUT2D eigenvalue weighted by molar-refractivity contribution is 6.01. The van der Waals surface area contributed by atoms with Crippen LogP contribution in [0.3, 0.4) is 0 Å². The summed E-state index contributed by atoms with van der Waals surface area (Å²) in [5, 5.41) is 10.5. The summed E-state index contributed by atoms with van der Waals surface area (Å²) < 4.78 is 1.73. The molecule has 0 saturated carbocycles. The number of carbonyl (C=O) groups excluding carboxylic acids is 3. The topological polar surface area (TPSA) is 99.6 Å². The minimum absolute atomic E-state index is 0.00254. The first-order chi connectivity index (χ1) is 20.0. The van der Waals surface area contributed by atoms with Gasteiger partial charge in [0, 0.05) is 41.4 Å². The first-order valence-corrected chi connectivity index (χ1v) is 14.0. The molecule has 1 fully saturated rings. The van der Waals surface area contributed by atoms with E-state index < -0.39 is 6.03 Å². The fraction of sp³-hybridized carbons (Fsp3) is 0.273. The van der Waals surface area contributed by atoms with Gasteiger partial charge in [-0.15, -0.1) is 0 Å². The zero-order valence-electron chi connectivity index (χ0n) is 24.6. The molecule has 0 atom stereocenters. The number of nitrogens with zero attached hydrogens (tertiary/aromatic N) is 4. The molecule has 0 unspecified atom stereocenters. The minimum Gasteiger partial charge on any atom is -0.320 e. The summed E-state index contributed by atoms with van der Waals surface area (Å²) in [6, 6.07) is 23.8. The first-order valence-electron chi connectivity index (χ1n) is 14.0. The van der Waals surface area contributed by atoms with Crippen molar-refractivity contribution < 1.29 is 14.4 Å². The molecule has 2 heterocycles. The maximum atomic E-state index is 13.3. The molecular weight excluding hydrogens is 528 g/mol. The Bertz CT molecular complexity index is 1620. The van der Waals surface area contributed by atoms with Crippen LogP contribution in [0.1, 0.15) is 54.4 Å². The molecule has 1 aromatic heterocycles. The fourth-order valence-electron chi connectivity index (χ4n) is 4.81. The Balaban J connectivity index is 1.27. The van der Waals surface area contributed by atoms with Gasteiger partial charge in [0.2, 0.25) is 5.91 Å². The van der Waals surface area contributed by atoms with E-state index in [0.29, 0.717) is 23.6 Å². The summed E-state index contributed by atoms with van der Waals surface area (Å²) in [6.45, 7) is 10.7. The largest absolute Gasteiger partial charge is 0.324 e. The number of carbonyl (C=O) groups is 3. The van der Waals surface area contributed by atoms with E-state index in [2.05, 4.69) is 31.4 Å². The molecule has 0 radical (unpaired) electrons. The van der Waals surface area contributed by atoms with Crippen LogP contribution < -0.4 is 15.5 Å². The van der Waals surface area contributed by atoms with Crippen molar-refractivity contribution in [3.63, 3.8) is 0 Å². The number of aromatic nitrogens is 2. The molecule has 1 saturated heterocycles. The SMILES string of the molecule is Cc1ccc(-n2nc(C(C)(C)C)cc2NC(=O)Nc2ccc(C(=O)N3CCC(=O)N(c4ccccc4C)C3)cc2)cc1. The van der Waals surface area contributed by atoms with Crippen molar-refractivity contribution in [3.05, 3.63) is 101 Å². The lowest BCUT2D eigenvalue weighted by atomic mass is 9.92. The van der Waals surface area contributed by atoms with Gasteiger partial charge in [0.15, 0.2) is 0 Å². The maximum absolute atomic E-state index is 13.3. The summed E-state index contributed by atoms with van der Waals surface area (Å²) in [6.07, 6.45) is 0.260. The minimum atomic E-state index is -0.425. The van der Waals surface area contributed by atoms with Crippen LogP contribution in [0.25, 0.3) is 5.69 Å². The first kappa shape index (κ1) is 28.6. The Labute approximate surface area is 246 Å². The van der Waals surface area contributed by atoms with E-state index in [9.17, 15) is 14.4 Å². The number of urea groups is 1. The Morgan fingerprint density at radius 1 is 0.881 bits per heavy atom. The van der Waals surface area contributed by atoms with Crippen molar-refractivity contribution in [1.82, 2.24) is 14.7 Å². The molecule has 0 spiro atoms. The van der Waals surface area contributed by atoms with E-state index in [1.165, 1.54) is 0 Å². The Morgan fingerprint density at radius 3 is 2.24 bits per heavy atom. The van der Waals surface area contributed by atoms with Crippen LogP contribution >= 0.6 is 0 Å². The molecule has 4 aromatic rings. The third-order valence-corrected chi connectivity index (χ3v) is 7.29. The summed E-state index contributed by atoms with van der Waals surface area (Å²) in [4.78, 5) is 42.3. The van der Waals surface area contributed by atoms with Gasteiger partial charge in [0.05, 0.1) is 11.4 Å². The monoisotopic (exact) mass is 564 g/mol. The highest BCUT2D eigenvalue weighted by Gasteiger charge is 2.29. The van der Waals surface area contributed by atoms with Gasteiger partial charge in [0.25, 0.3) is 5.91 Å². The number of hydrogen-bond donors (Lipinski definition) is 2.